The molecule has 1 heterocycles. The molecule has 0 aromatic heterocycles. The predicted molar refractivity (Wildman–Crippen MR) is 96.3 cm³/mol. The number of rotatable bonds is 3. The van der Waals surface area contributed by atoms with E-state index in [4.69, 9.17) is 5.73 Å². The number of fused-ring (bicyclic) bond motifs is 1. The summed E-state index contributed by atoms with van der Waals surface area (Å²) in [4.78, 5) is 0.995. The molecule has 3 rings (SSSR count). The summed E-state index contributed by atoms with van der Waals surface area (Å²) in [6.45, 7) is 1.06. The van der Waals surface area contributed by atoms with Gasteiger partial charge in [0, 0.05) is 15.4 Å². The minimum atomic E-state index is -4.85. The van der Waals surface area contributed by atoms with Crippen LogP contribution in [0.15, 0.2) is 56.8 Å². The Balaban J connectivity index is 2.44. The molecule has 0 amide bonds. The molecular formula is C15H13BrN2O5S2. The van der Waals surface area contributed by atoms with E-state index in [-0.39, 0.29) is 15.5 Å². The molecule has 1 unspecified atom stereocenters. The summed E-state index contributed by atoms with van der Waals surface area (Å²) in [7, 11) is -9.13. The third kappa shape index (κ3) is 2.69. The second kappa shape index (κ2) is 5.63. The summed E-state index contributed by atoms with van der Waals surface area (Å²) in [5.74, 6) is 0. The van der Waals surface area contributed by atoms with Crippen LogP contribution in [-0.2, 0) is 20.0 Å². The third-order valence-corrected chi connectivity index (χ3v) is 8.10. The van der Waals surface area contributed by atoms with Gasteiger partial charge in [-0.15, -0.1) is 0 Å². The van der Waals surface area contributed by atoms with Crippen LogP contribution in [0.3, 0.4) is 0 Å². The number of hydrogen-bond acceptors (Lipinski definition) is 6. The van der Waals surface area contributed by atoms with E-state index in [1.807, 2.05) is 0 Å². The Morgan fingerprint density at radius 1 is 1.12 bits per heavy atom. The van der Waals surface area contributed by atoms with Crippen molar-refractivity contribution in [2.24, 2.45) is 4.99 Å². The zero-order valence-electron chi connectivity index (χ0n) is 12.8. The molecule has 2 aromatic carbocycles. The van der Waals surface area contributed by atoms with Crippen LogP contribution in [0.25, 0.3) is 4.91 Å². The van der Waals surface area contributed by atoms with Crippen molar-refractivity contribution in [1.29, 1.82) is 0 Å². The lowest BCUT2D eigenvalue weighted by atomic mass is 10.2. The molecule has 25 heavy (non-hydrogen) atoms. The molecule has 1 atom stereocenters. The van der Waals surface area contributed by atoms with Crippen molar-refractivity contribution in [3.8, 4) is 0 Å². The fraction of sp³-hybridized carbons (Fsp3) is 0.133. The Labute approximate surface area is 152 Å². The Bertz CT molecular complexity index is 1220. The fourth-order valence-corrected chi connectivity index (χ4v) is 6.15. The van der Waals surface area contributed by atoms with Crippen molar-refractivity contribution in [2.75, 3.05) is 5.73 Å². The van der Waals surface area contributed by atoms with Crippen molar-refractivity contribution in [1.82, 2.24) is 0 Å². The third-order valence-electron chi connectivity index (χ3n) is 3.96. The molecule has 0 saturated heterocycles. The van der Waals surface area contributed by atoms with Gasteiger partial charge in [-0.1, -0.05) is 18.2 Å². The standard InChI is InChI=1S/C15H13BrN2O5S2/c1-15(25(21,22)23)14(10-4-2-3-5-13(10)18-15)24(19,20)9-6-7-12(17)11(16)8-9/h2-8H,17H2,1H3,(H,21,22,23). The van der Waals surface area contributed by atoms with Gasteiger partial charge in [0.15, 0.2) is 0 Å². The number of para-hydroxylation sites is 1. The van der Waals surface area contributed by atoms with Crippen molar-refractivity contribution in [3.63, 3.8) is 0 Å². The SMILES string of the molecule is CC1(S(=O)(=O)O)N=c2ccccc2=C1S(=O)(=O)c1ccc(N)c(Br)c1. The first kappa shape index (κ1) is 18.1. The minimum Gasteiger partial charge on any atom is -0.398 e. The van der Waals surface area contributed by atoms with Crippen molar-refractivity contribution in [3.05, 3.63) is 57.5 Å². The van der Waals surface area contributed by atoms with E-state index >= 15 is 0 Å². The summed E-state index contributed by atoms with van der Waals surface area (Å²) in [6, 6.07) is 10.0. The molecule has 0 bridgehead atoms. The van der Waals surface area contributed by atoms with E-state index < -0.39 is 29.7 Å². The number of nitrogen functional groups attached to an aromatic ring is 1. The summed E-state index contributed by atoms with van der Waals surface area (Å²) in [5.41, 5.74) is 6.01. The van der Waals surface area contributed by atoms with Crippen LogP contribution in [0.4, 0.5) is 5.69 Å². The van der Waals surface area contributed by atoms with Gasteiger partial charge in [-0.3, -0.25) is 9.55 Å². The largest absolute Gasteiger partial charge is 0.398 e. The molecule has 1 aliphatic rings. The maximum Gasteiger partial charge on any atom is 0.296 e. The summed E-state index contributed by atoms with van der Waals surface area (Å²) in [6.07, 6.45) is 0. The van der Waals surface area contributed by atoms with E-state index in [0.29, 0.717) is 10.2 Å². The highest BCUT2D eigenvalue weighted by Crippen LogP contribution is 2.37. The van der Waals surface area contributed by atoms with Gasteiger partial charge < -0.3 is 5.73 Å². The van der Waals surface area contributed by atoms with Crippen LogP contribution in [0.2, 0.25) is 0 Å². The summed E-state index contributed by atoms with van der Waals surface area (Å²) < 4.78 is 60.4. The van der Waals surface area contributed by atoms with Gasteiger partial charge in [-0.2, -0.15) is 8.42 Å². The van der Waals surface area contributed by atoms with E-state index in [1.165, 1.54) is 30.3 Å². The van der Waals surface area contributed by atoms with Crippen LogP contribution < -0.4 is 16.3 Å². The van der Waals surface area contributed by atoms with Crippen molar-refractivity contribution >= 4 is 46.5 Å². The number of hydrogen-bond donors (Lipinski definition) is 2. The van der Waals surface area contributed by atoms with Crippen LogP contribution in [-0.4, -0.2) is 26.3 Å². The molecule has 0 spiro atoms. The second-order valence-electron chi connectivity index (χ2n) is 5.60. The van der Waals surface area contributed by atoms with E-state index in [9.17, 15) is 21.4 Å². The molecule has 0 saturated carbocycles. The molecule has 0 fully saturated rings. The Morgan fingerprint density at radius 2 is 1.76 bits per heavy atom. The zero-order chi connectivity index (χ0) is 18.6. The topological polar surface area (TPSA) is 127 Å². The van der Waals surface area contributed by atoms with E-state index in [2.05, 4.69) is 20.9 Å². The van der Waals surface area contributed by atoms with Gasteiger partial charge in [-0.25, -0.2) is 8.42 Å². The number of nitrogens with zero attached hydrogens (tertiary/aromatic N) is 1. The quantitative estimate of drug-likeness (QED) is 0.533. The van der Waals surface area contributed by atoms with Crippen LogP contribution >= 0.6 is 15.9 Å². The smallest absolute Gasteiger partial charge is 0.296 e. The maximum atomic E-state index is 13.2. The molecule has 0 aliphatic carbocycles. The minimum absolute atomic E-state index is 0.135. The molecule has 7 nitrogen and oxygen atoms in total. The number of halogens is 1. The van der Waals surface area contributed by atoms with E-state index in [1.54, 1.807) is 12.1 Å². The Kier molecular flexibility index (Phi) is 4.06. The van der Waals surface area contributed by atoms with Crippen LogP contribution in [0, 0.1) is 0 Å². The highest BCUT2D eigenvalue weighted by molar-refractivity contribution is 9.10. The fourth-order valence-electron chi connectivity index (χ4n) is 2.66. The predicted octanol–water partition coefficient (Wildman–Crippen LogP) is 0.851. The second-order valence-corrected chi connectivity index (χ2v) is 10.1. The molecule has 132 valence electrons. The number of nitrogens with two attached hydrogens (primary N) is 1. The Hall–Kier alpha value is -1.75. The number of benzene rings is 2. The molecule has 0 radical (unpaired) electrons. The van der Waals surface area contributed by atoms with Gasteiger partial charge in [0.2, 0.25) is 14.7 Å². The number of anilines is 1. The zero-order valence-corrected chi connectivity index (χ0v) is 16.1. The lowest BCUT2D eigenvalue weighted by Gasteiger charge is -2.22. The lowest BCUT2D eigenvalue weighted by molar-refractivity contribution is 0.458. The van der Waals surface area contributed by atoms with Gasteiger partial charge in [-0.05, 0) is 47.1 Å². The van der Waals surface area contributed by atoms with Gasteiger partial charge in [0.05, 0.1) is 10.3 Å². The maximum absolute atomic E-state index is 13.2. The summed E-state index contributed by atoms with van der Waals surface area (Å²) >= 11 is 3.16. The highest BCUT2D eigenvalue weighted by Gasteiger charge is 2.50. The lowest BCUT2D eigenvalue weighted by Crippen LogP contribution is -2.37. The first-order valence-corrected chi connectivity index (χ1v) is 10.7. The monoisotopic (exact) mass is 444 g/mol. The first-order chi connectivity index (χ1) is 11.5. The highest BCUT2D eigenvalue weighted by atomic mass is 79.9. The molecular weight excluding hydrogens is 432 g/mol. The molecule has 10 heteroatoms. The Morgan fingerprint density at radius 3 is 2.36 bits per heavy atom. The van der Waals surface area contributed by atoms with Gasteiger partial charge in [0.25, 0.3) is 10.1 Å². The van der Waals surface area contributed by atoms with Crippen molar-refractivity contribution < 1.29 is 21.4 Å². The molecule has 3 N–H and O–H groups in total. The first-order valence-electron chi connectivity index (χ1n) is 6.95. The average molecular weight is 445 g/mol. The van der Waals surface area contributed by atoms with Gasteiger partial charge in [0.1, 0.15) is 4.91 Å². The average Bonchev–Trinajstić information content (AvgIpc) is 2.83. The van der Waals surface area contributed by atoms with Crippen LogP contribution in [0.1, 0.15) is 6.92 Å². The van der Waals surface area contributed by atoms with E-state index in [0.717, 1.165) is 6.92 Å². The summed E-state index contributed by atoms with van der Waals surface area (Å²) in [5, 5.41) is 0.311. The number of sulfone groups is 1. The van der Waals surface area contributed by atoms with Crippen molar-refractivity contribution in [2.45, 2.75) is 16.7 Å². The molecule has 2 aromatic rings. The van der Waals surface area contributed by atoms with Gasteiger partial charge >= 0.3 is 0 Å². The van der Waals surface area contributed by atoms with Crippen LogP contribution in [0.5, 0.6) is 0 Å². The normalized spacial score (nSPS) is 20.2. The molecule has 1 aliphatic heterocycles.